The lowest BCUT2D eigenvalue weighted by Gasteiger charge is -2.10. The van der Waals surface area contributed by atoms with Gasteiger partial charge >= 0.3 is 0 Å². The van der Waals surface area contributed by atoms with E-state index in [0.29, 0.717) is 5.02 Å². The third-order valence-electron chi connectivity index (χ3n) is 3.14. The summed E-state index contributed by atoms with van der Waals surface area (Å²) in [5, 5.41) is 8.28. The molecule has 0 amide bonds. The molecule has 106 valence electrons. The summed E-state index contributed by atoms with van der Waals surface area (Å²) in [6.45, 7) is 0.734. The Hall–Kier alpha value is -1.78. The Morgan fingerprint density at radius 3 is 2.62 bits per heavy atom. The van der Waals surface area contributed by atoms with Crippen molar-refractivity contribution in [3.8, 4) is 5.69 Å². The maximum Gasteiger partial charge on any atom is 0.0645 e. The van der Waals surface area contributed by atoms with Crippen molar-refractivity contribution < 1.29 is 0 Å². The lowest BCUT2D eigenvalue weighted by molar-refractivity contribution is 0.879. The van der Waals surface area contributed by atoms with Crippen LogP contribution in [0.25, 0.3) is 5.69 Å². The van der Waals surface area contributed by atoms with Gasteiger partial charge in [0.05, 0.1) is 20.9 Å². The monoisotopic (exact) mass is 361 g/mol. The lowest BCUT2D eigenvalue weighted by atomic mass is 10.2. The fourth-order valence-electron chi connectivity index (χ4n) is 2.03. The van der Waals surface area contributed by atoms with Crippen molar-refractivity contribution in [2.45, 2.75) is 6.54 Å². The predicted octanol–water partition coefficient (Wildman–Crippen LogP) is 4.90. The van der Waals surface area contributed by atoms with Crippen molar-refractivity contribution in [1.29, 1.82) is 0 Å². The van der Waals surface area contributed by atoms with Crippen molar-refractivity contribution in [3.05, 3.63) is 76.0 Å². The fourth-order valence-corrected chi connectivity index (χ4v) is 2.60. The molecule has 0 spiro atoms. The molecule has 0 bridgehead atoms. The van der Waals surface area contributed by atoms with Crippen LogP contribution in [0.1, 0.15) is 5.56 Å². The first-order valence-electron chi connectivity index (χ1n) is 6.51. The van der Waals surface area contributed by atoms with Crippen LogP contribution in [0, 0.1) is 0 Å². The van der Waals surface area contributed by atoms with E-state index in [-0.39, 0.29) is 0 Å². The number of hydrogen-bond acceptors (Lipinski definition) is 2. The van der Waals surface area contributed by atoms with Crippen molar-refractivity contribution in [3.63, 3.8) is 0 Å². The molecular weight excluding hydrogens is 350 g/mol. The molecule has 0 unspecified atom stereocenters. The molecule has 3 aromatic rings. The summed E-state index contributed by atoms with van der Waals surface area (Å²) in [6, 6.07) is 16.0. The van der Waals surface area contributed by atoms with Gasteiger partial charge in [-0.2, -0.15) is 5.10 Å². The number of halogens is 2. The largest absolute Gasteiger partial charge is 0.380 e. The van der Waals surface area contributed by atoms with E-state index >= 15 is 0 Å². The van der Waals surface area contributed by atoms with Crippen LogP contribution in [0.4, 0.5) is 5.69 Å². The fraction of sp³-hybridized carbons (Fsp3) is 0.0625. The second-order valence-electron chi connectivity index (χ2n) is 4.57. The second-order valence-corrected chi connectivity index (χ2v) is 5.77. The van der Waals surface area contributed by atoms with Gasteiger partial charge in [-0.05, 0) is 51.8 Å². The van der Waals surface area contributed by atoms with Gasteiger partial charge in [0, 0.05) is 18.9 Å². The van der Waals surface area contributed by atoms with Gasteiger partial charge in [-0.3, -0.25) is 0 Å². The summed E-state index contributed by atoms with van der Waals surface area (Å²) < 4.78 is 2.73. The summed E-state index contributed by atoms with van der Waals surface area (Å²) in [7, 11) is 0. The Labute approximate surface area is 136 Å². The Balaban J connectivity index is 1.70. The van der Waals surface area contributed by atoms with Gasteiger partial charge in [0.15, 0.2) is 0 Å². The zero-order valence-corrected chi connectivity index (χ0v) is 13.5. The topological polar surface area (TPSA) is 29.9 Å². The summed E-state index contributed by atoms with van der Waals surface area (Å²) in [5.41, 5.74) is 3.23. The molecule has 1 N–H and O–H groups in total. The molecule has 2 aromatic carbocycles. The lowest BCUT2D eigenvalue weighted by Crippen LogP contribution is -2.01. The molecule has 0 radical (unpaired) electrons. The van der Waals surface area contributed by atoms with E-state index in [4.69, 9.17) is 11.6 Å². The van der Waals surface area contributed by atoms with Gasteiger partial charge in [0.2, 0.25) is 0 Å². The molecule has 0 atom stereocenters. The van der Waals surface area contributed by atoms with E-state index in [1.54, 1.807) is 6.20 Å². The molecular formula is C16H13BrClN3. The highest BCUT2D eigenvalue weighted by Crippen LogP contribution is 2.30. The second kappa shape index (κ2) is 6.33. The molecule has 0 aliphatic rings. The normalized spacial score (nSPS) is 10.6. The van der Waals surface area contributed by atoms with Crippen LogP contribution in [0.2, 0.25) is 5.02 Å². The summed E-state index contributed by atoms with van der Waals surface area (Å²) in [6.07, 6.45) is 3.70. The Bertz CT molecular complexity index is 724. The van der Waals surface area contributed by atoms with Gasteiger partial charge in [-0.15, -0.1) is 0 Å². The van der Waals surface area contributed by atoms with E-state index in [1.807, 2.05) is 35.1 Å². The molecule has 0 aliphatic heterocycles. The summed E-state index contributed by atoms with van der Waals surface area (Å²) >= 11 is 9.56. The average molecular weight is 363 g/mol. The van der Waals surface area contributed by atoms with Crippen molar-refractivity contribution in [1.82, 2.24) is 9.78 Å². The first-order chi connectivity index (χ1) is 10.2. The minimum atomic E-state index is 0.703. The van der Waals surface area contributed by atoms with Crippen LogP contribution in [-0.2, 0) is 6.54 Å². The zero-order valence-electron chi connectivity index (χ0n) is 11.1. The van der Waals surface area contributed by atoms with Gasteiger partial charge < -0.3 is 5.32 Å². The summed E-state index contributed by atoms with van der Waals surface area (Å²) in [5.74, 6) is 0. The van der Waals surface area contributed by atoms with Crippen LogP contribution < -0.4 is 5.32 Å². The predicted molar refractivity (Wildman–Crippen MR) is 90.0 cm³/mol. The summed E-state index contributed by atoms with van der Waals surface area (Å²) in [4.78, 5) is 0. The molecule has 1 aromatic heterocycles. The number of aromatic nitrogens is 2. The zero-order chi connectivity index (χ0) is 14.7. The SMILES string of the molecule is Clc1cccc(NCc2ccc(-n3cccn3)cc2)c1Br. The van der Waals surface area contributed by atoms with Crippen molar-refractivity contribution >= 4 is 33.2 Å². The van der Waals surface area contributed by atoms with Gasteiger partial charge in [-0.1, -0.05) is 29.8 Å². The molecule has 0 saturated carbocycles. The van der Waals surface area contributed by atoms with Crippen molar-refractivity contribution in [2.24, 2.45) is 0 Å². The van der Waals surface area contributed by atoms with Crippen LogP contribution in [-0.4, -0.2) is 9.78 Å². The number of anilines is 1. The number of benzene rings is 2. The Kier molecular flexibility index (Phi) is 4.27. The molecule has 21 heavy (non-hydrogen) atoms. The van der Waals surface area contributed by atoms with E-state index in [1.165, 1.54) is 5.56 Å². The van der Waals surface area contributed by atoms with E-state index < -0.39 is 0 Å². The van der Waals surface area contributed by atoms with Crippen molar-refractivity contribution in [2.75, 3.05) is 5.32 Å². The van der Waals surface area contributed by atoms with Crippen LogP contribution in [0.15, 0.2) is 65.4 Å². The van der Waals surface area contributed by atoms with Gasteiger partial charge in [-0.25, -0.2) is 4.68 Å². The maximum atomic E-state index is 6.08. The van der Waals surface area contributed by atoms with E-state index in [0.717, 1.165) is 22.4 Å². The molecule has 3 rings (SSSR count). The highest BCUT2D eigenvalue weighted by molar-refractivity contribution is 9.10. The molecule has 0 saturated heterocycles. The van der Waals surface area contributed by atoms with Gasteiger partial charge in [0.25, 0.3) is 0 Å². The van der Waals surface area contributed by atoms with E-state index in [9.17, 15) is 0 Å². The molecule has 5 heteroatoms. The third kappa shape index (κ3) is 3.28. The smallest absolute Gasteiger partial charge is 0.0645 e. The third-order valence-corrected chi connectivity index (χ3v) is 4.54. The Morgan fingerprint density at radius 1 is 1.10 bits per heavy atom. The van der Waals surface area contributed by atoms with E-state index in [2.05, 4.69) is 50.6 Å². The minimum Gasteiger partial charge on any atom is -0.380 e. The maximum absolute atomic E-state index is 6.08. The average Bonchev–Trinajstić information content (AvgIpc) is 3.04. The number of nitrogens with one attached hydrogen (secondary N) is 1. The first-order valence-corrected chi connectivity index (χ1v) is 7.68. The van der Waals surface area contributed by atoms with Crippen LogP contribution in [0.5, 0.6) is 0 Å². The Morgan fingerprint density at radius 2 is 1.90 bits per heavy atom. The standard InChI is InChI=1S/C16H13BrClN3/c17-16-14(18)3-1-4-15(16)19-11-12-5-7-13(8-6-12)21-10-2-9-20-21/h1-10,19H,11H2. The van der Waals surface area contributed by atoms with Crippen LogP contribution in [0.3, 0.4) is 0 Å². The minimum absolute atomic E-state index is 0.703. The first kappa shape index (κ1) is 14.2. The van der Waals surface area contributed by atoms with Crippen LogP contribution >= 0.6 is 27.5 Å². The highest BCUT2D eigenvalue weighted by atomic mass is 79.9. The molecule has 3 nitrogen and oxygen atoms in total. The molecule has 0 aliphatic carbocycles. The number of nitrogens with zero attached hydrogens (tertiary/aromatic N) is 2. The molecule has 0 fully saturated rings. The molecule has 1 heterocycles. The highest BCUT2D eigenvalue weighted by Gasteiger charge is 2.03. The number of hydrogen-bond donors (Lipinski definition) is 1. The van der Waals surface area contributed by atoms with Gasteiger partial charge in [0.1, 0.15) is 0 Å². The quantitative estimate of drug-likeness (QED) is 0.715. The number of rotatable bonds is 4.